The van der Waals surface area contributed by atoms with Crippen LogP contribution in [-0.4, -0.2) is 60.2 Å². The molecule has 1 atom stereocenters. The van der Waals surface area contributed by atoms with Crippen LogP contribution in [-0.2, 0) is 4.74 Å². The standard InChI is InChI=1S/C10H19NO3/c1-9(13)2-3-11(4-9)5-10(6-12)7-14-8-10/h12-13H,2-8H2,1H3. The number of β-amino-alcohol motifs (C(OH)–C–C–N with tert-alkyl or cyclic N) is 1. The number of ether oxygens (including phenoxy) is 1. The van der Waals surface area contributed by atoms with E-state index in [-0.39, 0.29) is 12.0 Å². The van der Waals surface area contributed by atoms with Gasteiger partial charge in [-0.2, -0.15) is 0 Å². The smallest absolute Gasteiger partial charge is 0.0758 e. The van der Waals surface area contributed by atoms with Gasteiger partial charge in [-0.05, 0) is 13.3 Å². The molecule has 4 heteroatoms. The number of likely N-dealkylation sites (tertiary alicyclic amines) is 1. The molecule has 2 N–H and O–H groups in total. The van der Waals surface area contributed by atoms with E-state index < -0.39 is 5.60 Å². The molecule has 0 aromatic heterocycles. The van der Waals surface area contributed by atoms with Gasteiger partial charge in [0, 0.05) is 19.6 Å². The first-order valence-corrected chi connectivity index (χ1v) is 5.19. The SMILES string of the molecule is CC1(O)CCN(CC2(CO)COC2)C1. The highest BCUT2D eigenvalue weighted by atomic mass is 16.5. The lowest BCUT2D eigenvalue weighted by Gasteiger charge is -2.42. The minimum atomic E-state index is -0.540. The Morgan fingerprint density at radius 1 is 1.43 bits per heavy atom. The Bertz CT molecular complexity index is 208. The number of aliphatic hydroxyl groups is 2. The summed E-state index contributed by atoms with van der Waals surface area (Å²) in [5.74, 6) is 0. The summed E-state index contributed by atoms with van der Waals surface area (Å²) in [6.07, 6.45) is 0.829. The Hall–Kier alpha value is -0.160. The Labute approximate surface area is 84.5 Å². The third-order valence-electron chi connectivity index (χ3n) is 3.24. The van der Waals surface area contributed by atoms with E-state index in [1.807, 2.05) is 6.92 Å². The molecule has 0 aliphatic carbocycles. The predicted molar refractivity (Wildman–Crippen MR) is 52.0 cm³/mol. The molecule has 2 fully saturated rings. The molecule has 14 heavy (non-hydrogen) atoms. The molecule has 2 aliphatic rings. The van der Waals surface area contributed by atoms with Crippen LogP contribution in [0.3, 0.4) is 0 Å². The van der Waals surface area contributed by atoms with Gasteiger partial charge in [0.2, 0.25) is 0 Å². The van der Waals surface area contributed by atoms with Crippen molar-refractivity contribution >= 4 is 0 Å². The maximum atomic E-state index is 9.79. The third kappa shape index (κ3) is 1.93. The fourth-order valence-electron chi connectivity index (χ4n) is 2.27. The van der Waals surface area contributed by atoms with Gasteiger partial charge in [0.15, 0.2) is 0 Å². The lowest BCUT2D eigenvalue weighted by atomic mass is 9.86. The fourth-order valence-corrected chi connectivity index (χ4v) is 2.27. The first-order valence-electron chi connectivity index (χ1n) is 5.19. The molecule has 0 bridgehead atoms. The van der Waals surface area contributed by atoms with Crippen LogP contribution in [0.5, 0.6) is 0 Å². The molecule has 0 saturated carbocycles. The molecule has 2 aliphatic heterocycles. The second-order valence-corrected chi connectivity index (χ2v) is 5.11. The van der Waals surface area contributed by atoms with Gasteiger partial charge >= 0.3 is 0 Å². The van der Waals surface area contributed by atoms with Crippen molar-refractivity contribution in [2.45, 2.75) is 18.9 Å². The van der Waals surface area contributed by atoms with Crippen molar-refractivity contribution in [3.63, 3.8) is 0 Å². The number of hydrogen-bond acceptors (Lipinski definition) is 4. The zero-order chi connectivity index (χ0) is 10.2. The van der Waals surface area contributed by atoms with Crippen molar-refractivity contribution in [1.82, 2.24) is 4.90 Å². The zero-order valence-corrected chi connectivity index (χ0v) is 8.70. The van der Waals surface area contributed by atoms with E-state index in [2.05, 4.69) is 4.90 Å². The number of hydrogen-bond donors (Lipinski definition) is 2. The van der Waals surface area contributed by atoms with E-state index in [4.69, 9.17) is 4.74 Å². The van der Waals surface area contributed by atoms with Crippen LogP contribution in [0.25, 0.3) is 0 Å². The first-order chi connectivity index (χ1) is 6.55. The van der Waals surface area contributed by atoms with Gasteiger partial charge in [-0.3, -0.25) is 4.90 Å². The van der Waals surface area contributed by atoms with Gasteiger partial charge in [-0.1, -0.05) is 0 Å². The van der Waals surface area contributed by atoms with Crippen LogP contribution in [0, 0.1) is 5.41 Å². The molecule has 0 radical (unpaired) electrons. The highest BCUT2D eigenvalue weighted by Gasteiger charge is 2.42. The molecule has 4 nitrogen and oxygen atoms in total. The van der Waals surface area contributed by atoms with Crippen molar-refractivity contribution < 1.29 is 14.9 Å². The van der Waals surface area contributed by atoms with Crippen LogP contribution in [0.2, 0.25) is 0 Å². The Morgan fingerprint density at radius 2 is 2.14 bits per heavy atom. The van der Waals surface area contributed by atoms with E-state index in [0.29, 0.717) is 13.2 Å². The monoisotopic (exact) mass is 201 g/mol. The average Bonchev–Trinajstić information content (AvgIpc) is 2.38. The number of rotatable bonds is 3. The van der Waals surface area contributed by atoms with E-state index >= 15 is 0 Å². The summed E-state index contributed by atoms with van der Waals surface area (Å²) >= 11 is 0. The Balaban J connectivity index is 1.86. The van der Waals surface area contributed by atoms with E-state index in [1.54, 1.807) is 0 Å². The molecule has 2 rings (SSSR count). The highest BCUT2D eigenvalue weighted by Crippen LogP contribution is 2.31. The van der Waals surface area contributed by atoms with Crippen LogP contribution < -0.4 is 0 Å². The molecule has 2 heterocycles. The van der Waals surface area contributed by atoms with Crippen molar-refractivity contribution in [1.29, 1.82) is 0 Å². The van der Waals surface area contributed by atoms with Gasteiger partial charge in [-0.15, -0.1) is 0 Å². The quantitative estimate of drug-likeness (QED) is 0.643. The van der Waals surface area contributed by atoms with Gasteiger partial charge in [0.25, 0.3) is 0 Å². The maximum absolute atomic E-state index is 9.79. The third-order valence-corrected chi connectivity index (χ3v) is 3.24. The maximum Gasteiger partial charge on any atom is 0.0758 e. The summed E-state index contributed by atoms with van der Waals surface area (Å²) in [7, 11) is 0. The molecule has 0 aromatic rings. The molecule has 0 aromatic carbocycles. The van der Waals surface area contributed by atoms with Crippen molar-refractivity contribution in [3.8, 4) is 0 Å². The summed E-state index contributed by atoms with van der Waals surface area (Å²) in [6.45, 7) is 5.86. The Morgan fingerprint density at radius 3 is 2.50 bits per heavy atom. The van der Waals surface area contributed by atoms with Crippen LogP contribution >= 0.6 is 0 Å². The molecule has 0 amide bonds. The summed E-state index contributed by atoms with van der Waals surface area (Å²) in [5, 5.41) is 19.0. The average molecular weight is 201 g/mol. The van der Waals surface area contributed by atoms with Crippen molar-refractivity contribution in [2.75, 3.05) is 39.5 Å². The zero-order valence-electron chi connectivity index (χ0n) is 8.70. The summed E-state index contributed by atoms with van der Waals surface area (Å²) in [6, 6.07) is 0. The molecular formula is C10H19NO3. The van der Waals surface area contributed by atoms with Gasteiger partial charge in [0.1, 0.15) is 0 Å². The van der Waals surface area contributed by atoms with E-state index in [9.17, 15) is 10.2 Å². The van der Waals surface area contributed by atoms with Crippen LogP contribution in [0.1, 0.15) is 13.3 Å². The van der Waals surface area contributed by atoms with E-state index in [0.717, 1.165) is 26.1 Å². The summed E-state index contributed by atoms with van der Waals surface area (Å²) < 4.78 is 5.14. The van der Waals surface area contributed by atoms with Gasteiger partial charge in [-0.25, -0.2) is 0 Å². The van der Waals surface area contributed by atoms with Crippen LogP contribution in [0.4, 0.5) is 0 Å². The normalized spacial score (nSPS) is 37.1. The molecular weight excluding hydrogens is 182 g/mol. The van der Waals surface area contributed by atoms with Gasteiger partial charge < -0.3 is 14.9 Å². The molecule has 0 spiro atoms. The predicted octanol–water partition coefficient (Wildman–Crippen LogP) is -0.548. The lowest BCUT2D eigenvalue weighted by molar-refractivity contribution is -0.147. The van der Waals surface area contributed by atoms with E-state index in [1.165, 1.54) is 0 Å². The minimum Gasteiger partial charge on any atom is -0.396 e. The topological polar surface area (TPSA) is 52.9 Å². The van der Waals surface area contributed by atoms with Crippen molar-refractivity contribution in [2.24, 2.45) is 5.41 Å². The second-order valence-electron chi connectivity index (χ2n) is 5.11. The van der Waals surface area contributed by atoms with Crippen molar-refractivity contribution in [3.05, 3.63) is 0 Å². The van der Waals surface area contributed by atoms with Crippen LogP contribution in [0.15, 0.2) is 0 Å². The molecule has 1 unspecified atom stereocenters. The lowest BCUT2D eigenvalue weighted by Crippen LogP contribution is -2.53. The largest absolute Gasteiger partial charge is 0.396 e. The molecule has 82 valence electrons. The summed E-state index contributed by atoms with van der Waals surface area (Å²) in [4.78, 5) is 2.22. The number of nitrogens with zero attached hydrogens (tertiary/aromatic N) is 1. The molecule has 2 saturated heterocycles. The minimum absolute atomic E-state index is 0.0551. The Kier molecular flexibility index (Phi) is 2.55. The van der Waals surface area contributed by atoms with Gasteiger partial charge in [0.05, 0.1) is 30.8 Å². The first kappa shape index (κ1) is 10.4. The number of aliphatic hydroxyl groups excluding tert-OH is 1. The summed E-state index contributed by atoms with van der Waals surface area (Å²) in [5.41, 5.74) is -0.596. The second kappa shape index (κ2) is 3.45. The fraction of sp³-hybridized carbons (Fsp3) is 1.00. The highest BCUT2D eigenvalue weighted by molar-refractivity contribution is 4.93.